The molecule has 0 aliphatic carbocycles. The van der Waals surface area contributed by atoms with Crippen LogP contribution in [-0.4, -0.2) is 41.3 Å². The second-order valence-electron chi connectivity index (χ2n) is 9.72. The Morgan fingerprint density at radius 1 is 1.02 bits per heavy atom. The number of hydrogen-bond acceptors (Lipinski definition) is 7. The number of nitrogens with zero attached hydrogens (tertiary/aromatic N) is 4. The molecular weight excluding hydrogens is 535 g/mol. The number of methoxy groups -OCH3 is 2. The zero-order valence-corrected chi connectivity index (χ0v) is 23.5. The lowest BCUT2D eigenvalue weighted by atomic mass is 9.98. The highest BCUT2D eigenvalue weighted by Gasteiger charge is 2.20. The first-order valence-corrected chi connectivity index (χ1v) is 13.4. The molecule has 0 N–H and O–H groups in total. The number of pyridine rings is 1. The molecule has 2 heterocycles. The van der Waals surface area contributed by atoms with Crippen LogP contribution < -0.4 is 4.74 Å². The third-order valence-corrected chi connectivity index (χ3v) is 7.09. The topological polar surface area (TPSA) is 99.3 Å². The number of carbonyl (C=O) groups excluding carboxylic acids is 1. The molecule has 1 unspecified atom stereocenters. The van der Waals surface area contributed by atoms with E-state index in [1.165, 1.54) is 13.2 Å². The first-order valence-electron chi connectivity index (χ1n) is 13.4. The Morgan fingerprint density at radius 2 is 1.83 bits per heavy atom. The predicted molar refractivity (Wildman–Crippen MR) is 156 cm³/mol. The number of nitriles is 1. The molecule has 0 aliphatic heterocycles. The van der Waals surface area contributed by atoms with E-state index in [0.29, 0.717) is 30.2 Å². The van der Waals surface area contributed by atoms with Crippen molar-refractivity contribution in [3.8, 4) is 23.2 Å². The molecule has 3 aromatic carbocycles. The monoisotopic (exact) mass is 564 g/mol. The third kappa shape index (κ3) is 5.99. The van der Waals surface area contributed by atoms with Crippen LogP contribution in [0.2, 0.25) is 0 Å². The van der Waals surface area contributed by atoms with Gasteiger partial charge in [-0.3, -0.25) is 0 Å². The summed E-state index contributed by atoms with van der Waals surface area (Å²) in [6.07, 6.45) is 0. The number of carbonyl (C=O) groups is 1. The normalized spacial score (nSPS) is 11.7. The number of ether oxygens (including phenoxy) is 3. The number of imidazole rings is 1. The number of esters is 1. The Hall–Kier alpha value is -5.07. The minimum Gasteiger partial charge on any atom is -0.473 e. The van der Waals surface area contributed by atoms with Crippen LogP contribution in [0.1, 0.15) is 45.7 Å². The maximum absolute atomic E-state index is 14.2. The fraction of sp³-hybridized carbons (Fsp3) is 0.212. The van der Waals surface area contributed by atoms with Gasteiger partial charge >= 0.3 is 5.97 Å². The highest BCUT2D eigenvalue weighted by Crippen LogP contribution is 2.30. The van der Waals surface area contributed by atoms with E-state index in [2.05, 4.69) is 16.5 Å². The molecule has 9 heteroatoms. The number of halogens is 1. The summed E-state index contributed by atoms with van der Waals surface area (Å²) in [5.41, 5.74) is 5.38. The van der Waals surface area contributed by atoms with Crippen LogP contribution in [0.3, 0.4) is 0 Å². The summed E-state index contributed by atoms with van der Waals surface area (Å²) >= 11 is 0. The Morgan fingerprint density at radius 3 is 2.55 bits per heavy atom. The maximum Gasteiger partial charge on any atom is 0.337 e. The molecule has 8 nitrogen and oxygen atoms in total. The summed E-state index contributed by atoms with van der Waals surface area (Å²) in [7, 11) is 3.02. The van der Waals surface area contributed by atoms with Gasteiger partial charge in [-0.15, -0.1) is 0 Å². The van der Waals surface area contributed by atoms with Crippen molar-refractivity contribution >= 4 is 17.0 Å². The first-order chi connectivity index (χ1) is 20.4. The number of benzene rings is 3. The fourth-order valence-electron chi connectivity index (χ4n) is 4.77. The molecule has 212 valence electrons. The minimum atomic E-state index is -0.491. The smallest absolute Gasteiger partial charge is 0.337 e. The molecule has 0 saturated heterocycles. The Labute approximate surface area is 242 Å². The second kappa shape index (κ2) is 12.6. The first kappa shape index (κ1) is 28.5. The molecule has 0 radical (unpaired) electrons. The summed E-state index contributed by atoms with van der Waals surface area (Å²) in [4.78, 5) is 21.6. The van der Waals surface area contributed by atoms with E-state index in [1.807, 2.05) is 48.5 Å². The van der Waals surface area contributed by atoms with Gasteiger partial charge in [0.25, 0.3) is 0 Å². The van der Waals surface area contributed by atoms with Crippen molar-refractivity contribution in [3.63, 3.8) is 0 Å². The van der Waals surface area contributed by atoms with Crippen molar-refractivity contribution in [2.75, 3.05) is 20.8 Å². The average Bonchev–Trinajstić information content (AvgIpc) is 3.40. The number of aromatic nitrogens is 3. The Kier molecular flexibility index (Phi) is 8.55. The van der Waals surface area contributed by atoms with Crippen LogP contribution in [-0.2, 0) is 22.6 Å². The van der Waals surface area contributed by atoms with E-state index in [1.54, 1.807) is 37.4 Å². The van der Waals surface area contributed by atoms with Gasteiger partial charge in [-0.05, 0) is 42.0 Å². The minimum absolute atomic E-state index is 0.00432. The van der Waals surface area contributed by atoms with Crippen molar-refractivity contribution in [2.45, 2.75) is 26.0 Å². The summed E-state index contributed by atoms with van der Waals surface area (Å²) < 4.78 is 32.3. The molecule has 0 fully saturated rings. The van der Waals surface area contributed by atoms with Crippen LogP contribution in [0, 0.1) is 17.1 Å². The van der Waals surface area contributed by atoms with Crippen molar-refractivity contribution in [1.29, 1.82) is 5.26 Å². The molecule has 1 atom stereocenters. The van der Waals surface area contributed by atoms with E-state index in [0.717, 1.165) is 33.7 Å². The Bertz CT molecular complexity index is 1780. The van der Waals surface area contributed by atoms with Gasteiger partial charge in [-0.25, -0.2) is 19.2 Å². The average molecular weight is 565 g/mol. The van der Waals surface area contributed by atoms with Crippen LogP contribution in [0.25, 0.3) is 22.3 Å². The van der Waals surface area contributed by atoms with Gasteiger partial charge in [-0.1, -0.05) is 43.3 Å². The second-order valence-corrected chi connectivity index (χ2v) is 9.72. The summed E-state index contributed by atoms with van der Waals surface area (Å²) in [5.74, 6) is 0.294. The van der Waals surface area contributed by atoms with Gasteiger partial charge in [0, 0.05) is 36.8 Å². The van der Waals surface area contributed by atoms with Gasteiger partial charge in [0.1, 0.15) is 18.2 Å². The van der Waals surface area contributed by atoms with Crippen molar-refractivity contribution < 1.29 is 23.4 Å². The lowest BCUT2D eigenvalue weighted by Gasteiger charge is -2.16. The van der Waals surface area contributed by atoms with Crippen LogP contribution >= 0.6 is 0 Å². The highest BCUT2D eigenvalue weighted by molar-refractivity contribution is 5.93. The molecule has 42 heavy (non-hydrogen) atoms. The quantitative estimate of drug-likeness (QED) is 0.184. The van der Waals surface area contributed by atoms with Crippen LogP contribution in [0.5, 0.6) is 5.88 Å². The largest absolute Gasteiger partial charge is 0.473 e. The van der Waals surface area contributed by atoms with Gasteiger partial charge in [0.15, 0.2) is 0 Å². The third-order valence-electron chi connectivity index (χ3n) is 7.09. The summed E-state index contributed by atoms with van der Waals surface area (Å²) in [6.45, 7) is 3.16. The van der Waals surface area contributed by atoms with Crippen molar-refractivity contribution in [3.05, 3.63) is 113 Å². The van der Waals surface area contributed by atoms with Gasteiger partial charge in [-0.2, -0.15) is 5.26 Å². The van der Waals surface area contributed by atoms with Crippen LogP contribution in [0.4, 0.5) is 4.39 Å². The summed E-state index contributed by atoms with van der Waals surface area (Å²) in [5, 5.41) is 8.93. The molecule has 5 rings (SSSR count). The van der Waals surface area contributed by atoms with Gasteiger partial charge < -0.3 is 18.8 Å². The maximum atomic E-state index is 14.2. The van der Waals surface area contributed by atoms with Crippen LogP contribution in [0.15, 0.2) is 78.9 Å². The molecule has 0 spiro atoms. The van der Waals surface area contributed by atoms with E-state index >= 15 is 0 Å². The van der Waals surface area contributed by atoms with Crippen molar-refractivity contribution in [2.24, 2.45) is 0 Å². The number of fused-ring (bicyclic) bond motifs is 1. The van der Waals surface area contributed by atoms with Gasteiger partial charge in [0.2, 0.25) is 5.88 Å². The fourth-order valence-corrected chi connectivity index (χ4v) is 4.77. The van der Waals surface area contributed by atoms with Crippen molar-refractivity contribution in [1.82, 2.24) is 14.5 Å². The van der Waals surface area contributed by atoms with Gasteiger partial charge in [0.05, 0.1) is 47.6 Å². The SMILES string of the molecule is COCCn1c(C(C)c2ccc(-c3cccc(OCc4ccc(C#N)cc4F)n3)cc2)nc2ccc(C(=O)OC)cc21. The number of rotatable bonds is 10. The van der Waals surface area contributed by atoms with E-state index < -0.39 is 11.8 Å². The molecule has 0 aliphatic rings. The zero-order valence-electron chi connectivity index (χ0n) is 23.5. The summed E-state index contributed by atoms with van der Waals surface area (Å²) in [6, 6.07) is 25.1. The highest BCUT2D eigenvalue weighted by atomic mass is 19.1. The molecule has 5 aromatic rings. The van der Waals surface area contributed by atoms with E-state index in [-0.39, 0.29) is 18.1 Å². The zero-order chi connectivity index (χ0) is 29.6. The lowest BCUT2D eigenvalue weighted by Crippen LogP contribution is -2.12. The lowest BCUT2D eigenvalue weighted by molar-refractivity contribution is 0.0601. The molecule has 0 amide bonds. The molecule has 0 saturated carbocycles. The molecular formula is C33H29FN4O4. The predicted octanol–water partition coefficient (Wildman–Crippen LogP) is 6.27. The Balaban J connectivity index is 1.36. The molecule has 0 bridgehead atoms. The molecule has 2 aromatic heterocycles. The standard InChI is InChI=1S/C33H29FN4O4/c1-21(32-37-29-14-13-25(33(39)41-3)18-30(29)38(32)15-16-40-2)23-9-11-24(12-10-23)28-5-4-6-31(36-28)42-20-26-8-7-22(19-35)17-27(26)34/h4-14,17-18,21H,15-16,20H2,1-3H3. The van der Waals surface area contributed by atoms with E-state index in [4.69, 9.17) is 24.5 Å². The number of hydrogen-bond donors (Lipinski definition) is 0. The van der Waals surface area contributed by atoms with E-state index in [9.17, 15) is 9.18 Å².